The Bertz CT molecular complexity index is 604. The fraction of sp³-hybridized carbons (Fsp3) is 0.308. The molecular formula is C13H16N4O2. The number of hydrogen-bond acceptors (Lipinski definition) is 4. The number of aromatic nitrogens is 2. The maximum absolute atomic E-state index is 10.8. The Balaban J connectivity index is 2.35. The van der Waals surface area contributed by atoms with Crippen LogP contribution in [0.25, 0.3) is 0 Å². The molecule has 0 aliphatic rings. The summed E-state index contributed by atoms with van der Waals surface area (Å²) in [4.78, 5) is 14.7. The van der Waals surface area contributed by atoms with E-state index in [0.717, 1.165) is 11.4 Å². The lowest BCUT2D eigenvalue weighted by Crippen LogP contribution is -2.08. The lowest BCUT2D eigenvalue weighted by molar-refractivity contribution is -0.384. The summed E-state index contributed by atoms with van der Waals surface area (Å²) in [7, 11) is 0. The van der Waals surface area contributed by atoms with E-state index in [0.29, 0.717) is 12.2 Å². The summed E-state index contributed by atoms with van der Waals surface area (Å²) in [6, 6.07) is 4.50. The van der Waals surface area contributed by atoms with Gasteiger partial charge in [0.25, 0.3) is 5.69 Å². The number of non-ortho nitro benzene ring substituents is 1. The minimum atomic E-state index is -0.416. The van der Waals surface area contributed by atoms with Crippen molar-refractivity contribution in [1.29, 1.82) is 0 Å². The predicted molar refractivity (Wildman–Crippen MR) is 72.9 cm³/mol. The molecule has 19 heavy (non-hydrogen) atoms. The second-order valence-corrected chi connectivity index (χ2v) is 4.71. The minimum Gasteiger partial charge on any atom is -0.398 e. The van der Waals surface area contributed by atoms with Gasteiger partial charge in [-0.25, -0.2) is 4.98 Å². The number of nitro groups is 1. The Morgan fingerprint density at radius 3 is 2.84 bits per heavy atom. The van der Waals surface area contributed by atoms with Crippen LogP contribution in [-0.2, 0) is 6.54 Å². The lowest BCUT2D eigenvalue weighted by atomic mass is 10.1. The van der Waals surface area contributed by atoms with Crippen LogP contribution < -0.4 is 5.73 Å². The average molecular weight is 260 g/mol. The van der Waals surface area contributed by atoms with Crippen LogP contribution in [0.15, 0.2) is 30.6 Å². The number of benzene rings is 1. The topological polar surface area (TPSA) is 87.0 Å². The van der Waals surface area contributed by atoms with E-state index in [4.69, 9.17) is 5.73 Å². The van der Waals surface area contributed by atoms with Crippen molar-refractivity contribution in [2.75, 3.05) is 5.73 Å². The van der Waals surface area contributed by atoms with Gasteiger partial charge in [0.05, 0.1) is 11.5 Å². The van der Waals surface area contributed by atoms with Gasteiger partial charge in [-0.15, -0.1) is 0 Å². The first-order valence-electron chi connectivity index (χ1n) is 6.03. The Hall–Kier alpha value is -2.37. The van der Waals surface area contributed by atoms with Crippen molar-refractivity contribution in [3.8, 4) is 0 Å². The van der Waals surface area contributed by atoms with E-state index in [9.17, 15) is 10.1 Å². The molecule has 6 nitrogen and oxygen atoms in total. The van der Waals surface area contributed by atoms with E-state index in [2.05, 4.69) is 18.8 Å². The number of nitrogens with two attached hydrogens (primary N) is 1. The van der Waals surface area contributed by atoms with Crippen LogP contribution in [0, 0.1) is 10.1 Å². The molecule has 0 spiro atoms. The number of hydrogen-bond donors (Lipinski definition) is 1. The standard InChI is InChI=1S/C13H16N4O2/c1-9(2)13-15-5-6-16(13)8-10-7-11(17(18)19)3-4-12(10)14/h3-7,9H,8,14H2,1-2H3. The SMILES string of the molecule is CC(C)c1nccn1Cc1cc([N+](=O)[O-])ccc1N. The largest absolute Gasteiger partial charge is 0.398 e. The molecule has 2 N–H and O–H groups in total. The van der Waals surface area contributed by atoms with Crippen LogP contribution >= 0.6 is 0 Å². The summed E-state index contributed by atoms with van der Waals surface area (Å²) in [5.74, 6) is 1.22. The molecule has 0 unspecified atom stereocenters. The third-order valence-corrected chi connectivity index (χ3v) is 2.94. The zero-order valence-corrected chi connectivity index (χ0v) is 10.9. The summed E-state index contributed by atoms with van der Waals surface area (Å²) in [5.41, 5.74) is 7.21. The molecule has 0 aliphatic heterocycles. The minimum absolute atomic E-state index is 0.0513. The maximum atomic E-state index is 10.8. The number of imidazole rings is 1. The molecular weight excluding hydrogens is 244 g/mol. The molecule has 2 rings (SSSR count). The third kappa shape index (κ3) is 2.73. The molecule has 0 fully saturated rings. The fourth-order valence-electron chi connectivity index (χ4n) is 1.98. The van der Waals surface area contributed by atoms with Crippen molar-refractivity contribution in [2.24, 2.45) is 0 Å². The first-order valence-corrected chi connectivity index (χ1v) is 6.03. The number of nitrogens with zero attached hydrogens (tertiary/aromatic N) is 3. The second-order valence-electron chi connectivity index (χ2n) is 4.71. The van der Waals surface area contributed by atoms with E-state index in [-0.39, 0.29) is 11.6 Å². The molecule has 100 valence electrons. The molecule has 0 radical (unpaired) electrons. The quantitative estimate of drug-likeness (QED) is 0.520. The van der Waals surface area contributed by atoms with Crippen molar-refractivity contribution in [2.45, 2.75) is 26.3 Å². The molecule has 6 heteroatoms. The third-order valence-electron chi connectivity index (χ3n) is 2.94. The highest BCUT2D eigenvalue weighted by Crippen LogP contribution is 2.22. The second kappa shape index (κ2) is 5.09. The van der Waals surface area contributed by atoms with Crippen LogP contribution in [0.5, 0.6) is 0 Å². The summed E-state index contributed by atoms with van der Waals surface area (Å²) in [6.45, 7) is 4.59. The zero-order chi connectivity index (χ0) is 14.0. The monoisotopic (exact) mass is 260 g/mol. The zero-order valence-electron chi connectivity index (χ0n) is 10.9. The van der Waals surface area contributed by atoms with Crippen LogP contribution in [0.3, 0.4) is 0 Å². The van der Waals surface area contributed by atoms with Gasteiger partial charge in [-0.3, -0.25) is 10.1 Å². The number of anilines is 1. The van der Waals surface area contributed by atoms with Crippen LogP contribution in [0.1, 0.15) is 31.2 Å². The Morgan fingerprint density at radius 2 is 2.21 bits per heavy atom. The maximum Gasteiger partial charge on any atom is 0.269 e. The van der Waals surface area contributed by atoms with Gasteiger partial charge in [0.15, 0.2) is 0 Å². The molecule has 0 amide bonds. The van der Waals surface area contributed by atoms with Crippen molar-refractivity contribution >= 4 is 11.4 Å². The first kappa shape index (κ1) is 13.1. The van der Waals surface area contributed by atoms with Crippen molar-refractivity contribution in [3.05, 3.63) is 52.1 Å². The Kier molecular flexibility index (Phi) is 3.50. The van der Waals surface area contributed by atoms with Gasteiger partial charge in [-0.2, -0.15) is 0 Å². The van der Waals surface area contributed by atoms with E-state index in [1.807, 2.05) is 10.8 Å². The summed E-state index contributed by atoms with van der Waals surface area (Å²) in [5, 5.41) is 10.8. The van der Waals surface area contributed by atoms with Gasteiger partial charge in [0.1, 0.15) is 5.82 Å². The lowest BCUT2D eigenvalue weighted by Gasteiger charge is -2.11. The number of nitrogen functional groups attached to an aromatic ring is 1. The van der Waals surface area contributed by atoms with Crippen LogP contribution in [0.4, 0.5) is 11.4 Å². The van der Waals surface area contributed by atoms with Crippen molar-refractivity contribution in [1.82, 2.24) is 9.55 Å². The number of nitro benzene ring substituents is 1. The molecule has 0 saturated heterocycles. The molecule has 0 aliphatic carbocycles. The van der Waals surface area contributed by atoms with E-state index < -0.39 is 4.92 Å². The van der Waals surface area contributed by atoms with Gasteiger partial charge in [-0.1, -0.05) is 13.8 Å². The summed E-state index contributed by atoms with van der Waals surface area (Å²) < 4.78 is 1.96. The average Bonchev–Trinajstić information content (AvgIpc) is 2.80. The van der Waals surface area contributed by atoms with Crippen molar-refractivity contribution < 1.29 is 4.92 Å². The van der Waals surface area contributed by atoms with E-state index in [1.165, 1.54) is 12.1 Å². The Morgan fingerprint density at radius 1 is 1.47 bits per heavy atom. The number of rotatable bonds is 4. The highest BCUT2D eigenvalue weighted by Gasteiger charge is 2.12. The molecule has 0 bridgehead atoms. The van der Waals surface area contributed by atoms with Crippen LogP contribution in [0.2, 0.25) is 0 Å². The van der Waals surface area contributed by atoms with Crippen LogP contribution in [-0.4, -0.2) is 14.5 Å². The normalized spacial score (nSPS) is 10.9. The van der Waals surface area contributed by atoms with Gasteiger partial charge < -0.3 is 10.3 Å². The van der Waals surface area contributed by atoms with Gasteiger partial charge in [0, 0.05) is 41.7 Å². The molecule has 1 aromatic heterocycles. The predicted octanol–water partition coefficient (Wildman–Crippen LogP) is 2.55. The van der Waals surface area contributed by atoms with E-state index in [1.54, 1.807) is 12.3 Å². The highest BCUT2D eigenvalue weighted by atomic mass is 16.6. The molecule has 0 saturated carbocycles. The van der Waals surface area contributed by atoms with Gasteiger partial charge in [0.2, 0.25) is 0 Å². The van der Waals surface area contributed by atoms with Crippen molar-refractivity contribution in [3.63, 3.8) is 0 Å². The van der Waals surface area contributed by atoms with Gasteiger partial charge in [-0.05, 0) is 6.07 Å². The Labute approximate surface area is 111 Å². The highest BCUT2D eigenvalue weighted by molar-refractivity contribution is 5.52. The van der Waals surface area contributed by atoms with E-state index >= 15 is 0 Å². The molecule has 0 atom stereocenters. The fourth-order valence-corrected chi connectivity index (χ4v) is 1.98. The molecule has 2 aromatic rings. The summed E-state index contributed by atoms with van der Waals surface area (Å²) >= 11 is 0. The van der Waals surface area contributed by atoms with Gasteiger partial charge >= 0.3 is 0 Å². The molecule has 1 heterocycles. The first-order chi connectivity index (χ1) is 8.99. The summed E-state index contributed by atoms with van der Waals surface area (Å²) in [6.07, 6.45) is 3.58. The smallest absolute Gasteiger partial charge is 0.269 e. The molecule has 1 aromatic carbocycles.